The van der Waals surface area contributed by atoms with Gasteiger partial charge in [-0.2, -0.15) is 0 Å². The molecule has 0 saturated heterocycles. The topological polar surface area (TPSA) is 67.4 Å². The predicted octanol–water partition coefficient (Wildman–Crippen LogP) is 1.87. The number of carbonyl (C=O) groups excluding carboxylic acids is 2. The summed E-state index contributed by atoms with van der Waals surface area (Å²) in [5.41, 5.74) is 0.734. The van der Waals surface area contributed by atoms with Crippen molar-refractivity contribution >= 4 is 12.0 Å². The van der Waals surface area contributed by atoms with E-state index >= 15 is 0 Å². The molecule has 1 aromatic carbocycles. The van der Waals surface area contributed by atoms with Gasteiger partial charge in [0, 0.05) is 13.1 Å². The van der Waals surface area contributed by atoms with E-state index in [4.69, 9.17) is 4.74 Å². The highest BCUT2D eigenvalue weighted by Crippen LogP contribution is 2.03. The van der Waals surface area contributed by atoms with E-state index in [-0.39, 0.29) is 24.1 Å². The minimum absolute atomic E-state index is 0.179. The first-order chi connectivity index (χ1) is 9.97. The molecule has 2 amide bonds. The Morgan fingerprint density at radius 2 is 1.76 bits per heavy atom. The first-order valence-electron chi connectivity index (χ1n) is 6.89. The van der Waals surface area contributed by atoms with Gasteiger partial charge in [0.05, 0.1) is 13.0 Å². The second-order valence-electron chi connectivity index (χ2n) is 5.07. The van der Waals surface area contributed by atoms with Crippen molar-refractivity contribution in [2.45, 2.75) is 20.3 Å². The quantitative estimate of drug-likeness (QED) is 0.755. The molecule has 0 unspecified atom stereocenters. The summed E-state index contributed by atoms with van der Waals surface area (Å²) < 4.78 is 17.6. The molecule has 1 aromatic rings. The minimum Gasteiger partial charge on any atom is -0.449 e. The van der Waals surface area contributed by atoms with Crippen LogP contribution in [0.15, 0.2) is 24.3 Å². The lowest BCUT2D eigenvalue weighted by molar-refractivity contribution is -0.120. The fourth-order valence-corrected chi connectivity index (χ4v) is 1.51. The molecule has 2 N–H and O–H groups in total. The second kappa shape index (κ2) is 8.94. The van der Waals surface area contributed by atoms with Gasteiger partial charge >= 0.3 is 6.09 Å². The van der Waals surface area contributed by atoms with Gasteiger partial charge in [-0.1, -0.05) is 26.0 Å². The van der Waals surface area contributed by atoms with Crippen LogP contribution in [0.25, 0.3) is 0 Å². The molecule has 0 heterocycles. The van der Waals surface area contributed by atoms with Gasteiger partial charge in [-0.05, 0) is 23.6 Å². The average molecular weight is 296 g/mol. The molecule has 0 spiro atoms. The van der Waals surface area contributed by atoms with E-state index in [2.05, 4.69) is 10.6 Å². The molecule has 0 bridgehead atoms. The van der Waals surface area contributed by atoms with Crippen LogP contribution in [-0.2, 0) is 16.0 Å². The summed E-state index contributed by atoms with van der Waals surface area (Å²) in [6, 6.07) is 5.76. The van der Waals surface area contributed by atoms with Crippen molar-refractivity contribution in [1.82, 2.24) is 10.6 Å². The molecule has 116 valence electrons. The number of nitrogens with one attached hydrogen (secondary N) is 2. The largest absolute Gasteiger partial charge is 0.449 e. The summed E-state index contributed by atoms with van der Waals surface area (Å²) in [4.78, 5) is 22.8. The fraction of sp³-hybridized carbons (Fsp3) is 0.467. The third-order valence-electron chi connectivity index (χ3n) is 2.54. The third kappa shape index (κ3) is 7.91. The zero-order chi connectivity index (χ0) is 15.7. The average Bonchev–Trinajstić information content (AvgIpc) is 2.44. The fourth-order valence-electron chi connectivity index (χ4n) is 1.51. The van der Waals surface area contributed by atoms with Crippen LogP contribution in [0.2, 0.25) is 0 Å². The normalized spacial score (nSPS) is 10.3. The number of benzene rings is 1. The van der Waals surface area contributed by atoms with Gasteiger partial charge in [0.2, 0.25) is 5.91 Å². The molecule has 6 heteroatoms. The molecule has 0 aliphatic heterocycles. The Labute approximate surface area is 123 Å². The van der Waals surface area contributed by atoms with Crippen LogP contribution in [0.4, 0.5) is 9.18 Å². The Bertz CT molecular complexity index is 460. The van der Waals surface area contributed by atoms with Crippen molar-refractivity contribution in [3.63, 3.8) is 0 Å². The SMILES string of the molecule is CC(C)COC(=O)NCCNC(=O)Cc1ccc(F)cc1. The standard InChI is InChI=1S/C15H21FN2O3/c1-11(2)10-21-15(20)18-8-7-17-14(19)9-12-3-5-13(16)6-4-12/h3-6,11H,7-10H2,1-2H3,(H,17,19)(H,18,20). The molecule has 21 heavy (non-hydrogen) atoms. The van der Waals surface area contributed by atoms with Crippen LogP contribution in [0.3, 0.4) is 0 Å². The van der Waals surface area contributed by atoms with Gasteiger partial charge in [0.25, 0.3) is 0 Å². The maximum atomic E-state index is 12.7. The lowest BCUT2D eigenvalue weighted by Gasteiger charge is -2.09. The van der Waals surface area contributed by atoms with E-state index in [1.165, 1.54) is 12.1 Å². The molecule has 0 aliphatic rings. The van der Waals surface area contributed by atoms with Crippen molar-refractivity contribution in [3.8, 4) is 0 Å². The highest BCUT2D eigenvalue weighted by atomic mass is 19.1. The molecule has 1 rings (SSSR count). The number of alkyl carbamates (subject to hydrolysis) is 1. The van der Waals surface area contributed by atoms with Crippen LogP contribution >= 0.6 is 0 Å². The molecule has 5 nitrogen and oxygen atoms in total. The number of amides is 2. The third-order valence-corrected chi connectivity index (χ3v) is 2.54. The minimum atomic E-state index is -0.489. The summed E-state index contributed by atoms with van der Waals surface area (Å²) in [6.45, 7) is 4.87. The van der Waals surface area contributed by atoms with Gasteiger partial charge in [-0.15, -0.1) is 0 Å². The molecule has 0 fully saturated rings. The van der Waals surface area contributed by atoms with Gasteiger partial charge < -0.3 is 15.4 Å². The van der Waals surface area contributed by atoms with Crippen LogP contribution in [0.5, 0.6) is 0 Å². The van der Waals surface area contributed by atoms with Crippen LogP contribution < -0.4 is 10.6 Å². The predicted molar refractivity (Wildman–Crippen MR) is 77.3 cm³/mol. The van der Waals surface area contributed by atoms with E-state index in [1.807, 2.05) is 13.8 Å². The number of hydrogen-bond donors (Lipinski definition) is 2. The Kier molecular flexibility index (Phi) is 7.21. The number of carbonyl (C=O) groups is 2. The van der Waals surface area contributed by atoms with Gasteiger partial charge in [0.1, 0.15) is 5.82 Å². The number of rotatable bonds is 7. The monoisotopic (exact) mass is 296 g/mol. The van der Waals surface area contributed by atoms with Crippen molar-refractivity contribution in [2.24, 2.45) is 5.92 Å². The zero-order valence-corrected chi connectivity index (χ0v) is 12.3. The first kappa shape index (κ1) is 16.9. The van der Waals surface area contributed by atoms with E-state index in [0.717, 1.165) is 5.56 Å². The molecule has 0 aliphatic carbocycles. The molecule has 0 aromatic heterocycles. The van der Waals surface area contributed by atoms with Gasteiger partial charge in [-0.25, -0.2) is 9.18 Å². The first-order valence-corrected chi connectivity index (χ1v) is 6.89. The Balaban J connectivity index is 2.13. The molecular formula is C15H21FN2O3. The van der Waals surface area contributed by atoms with Gasteiger partial charge in [0.15, 0.2) is 0 Å². The van der Waals surface area contributed by atoms with E-state index in [1.54, 1.807) is 12.1 Å². The van der Waals surface area contributed by atoms with Crippen LogP contribution in [0.1, 0.15) is 19.4 Å². The van der Waals surface area contributed by atoms with E-state index in [0.29, 0.717) is 19.7 Å². The van der Waals surface area contributed by atoms with E-state index in [9.17, 15) is 14.0 Å². The van der Waals surface area contributed by atoms with Gasteiger partial charge in [-0.3, -0.25) is 4.79 Å². The highest BCUT2D eigenvalue weighted by molar-refractivity contribution is 5.78. The van der Waals surface area contributed by atoms with E-state index < -0.39 is 6.09 Å². The maximum Gasteiger partial charge on any atom is 0.407 e. The molecule has 0 atom stereocenters. The summed E-state index contributed by atoms with van der Waals surface area (Å²) in [5, 5.41) is 5.20. The Hall–Kier alpha value is -2.11. The lowest BCUT2D eigenvalue weighted by Crippen LogP contribution is -2.35. The zero-order valence-electron chi connectivity index (χ0n) is 12.3. The molecule has 0 saturated carbocycles. The second-order valence-corrected chi connectivity index (χ2v) is 5.07. The summed E-state index contributed by atoms with van der Waals surface area (Å²) in [5.74, 6) is -0.228. The van der Waals surface area contributed by atoms with Crippen LogP contribution in [-0.4, -0.2) is 31.7 Å². The van der Waals surface area contributed by atoms with Crippen LogP contribution in [0, 0.1) is 11.7 Å². The smallest absolute Gasteiger partial charge is 0.407 e. The number of halogens is 1. The molecule has 0 radical (unpaired) electrons. The van der Waals surface area contributed by atoms with Crippen molar-refractivity contribution in [2.75, 3.05) is 19.7 Å². The summed E-state index contributed by atoms with van der Waals surface area (Å²) in [7, 11) is 0. The maximum absolute atomic E-state index is 12.7. The number of hydrogen-bond acceptors (Lipinski definition) is 3. The summed E-state index contributed by atoms with van der Waals surface area (Å²) in [6.07, 6.45) is -0.311. The highest BCUT2D eigenvalue weighted by Gasteiger charge is 2.05. The lowest BCUT2D eigenvalue weighted by atomic mass is 10.1. The Morgan fingerprint density at radius 1 is 1.14 bits per heavy atom. The summed E-state index contributed by atoms with van der Waals surface area (Å²) >= 11 is 0. The van der Waals surface area contributed by atoms with Crippen molar-refractivity contribution < 1.29 is 18.7 Å². The molecular weight excluding hydrogens is 275 g/mol. The van der Waals surface area contributed by atoms with Crippen molar-refractivity contribution in [3.05, 3.63) is 35.6 Å². The Morgan fingerprint density at radius 3 is 2.38 bits per heavy atom. The number of ether oxygens (including phenoxy) is 1. The van der Waals surface area contributed by atoms with Crippen molar-refractivity contribution in [1.29, 1.82) is 0 Å².